The van der Waals surface area contributed by atoms with Crippen molar-refractivity contribution in [1.29, 1.82) is 0 Å². The molecule has 2 aromatic rings. The number of likely N-dealkylation sites (N-methyl/N-ethyl adjacent to an activating group) is 1. The third kappa shape index (κ3) is 6.39. The molecule has 156 valence electrons. The maximum atomic E-state index is 12.2. The second-order valence-electron chi connectivity index (χ2n) is 7.26. The summed E-state index contributed by atoms with van der Waals surface area (Å²) in [6.45, 7) is 13.1. The van der Waals surface area contributed by atoms with Crippen LogP contribution >= 0.6 is 0 Å². The molecule has 0 spiro atoms. The summed E-state index contributed by atoms with van der Waals surface area (Å²) in [6.07, 6.45) is 0. The quantitative estimate of drug-likeness (QED) is 0.432. The molecule has 0 radical (unpaired) electrons. The van der Waals surface area contributed by atoms with Gasteiger partial charge in [-0.2, -0.15) is 10.2 Å². The molecule has 0 fully saturated rings. The summed E-state index contributed by atoms with van der Waals surface area (Å²) in [5.41, 5.74) is 3.56. The van der Waals surface area contributed by atoms with E-state index >= 15 is 0 Å². The van der Waals surface area contributed by atoms with Gasteiger partial charge in [-0.05, 0) is 73.5 Å². The number of carbonyl (C=O) groups excluding carboxylic acids is 1. The Balaban J connectivity index is 2.04. The van der Waals surface area contributed by atoms with Gasteiger partial charge in [0.05, 0.1) is 16.9 Å². The van der Waals surface area contributed by atoms with Crippen LogP contribution in [-0.4, -0.2) is 42.2 Å². The first-order chi connectivity index (χ1) is 13.8. The van der Waals surface area contributed by atoms with E-state index in [1.165, 1.54) is 0 Å². The lowest BCUT2D eigenvalue weighted by Gasteiger charge is -2.17. The first kappa shape index (κ1) is 22.6. The van der Waals surface area contributed by atoms with Crippen molar-refractivity contribution in [3.8, 4) is 5.75 Å². The smallest absolute Gasteiger partial charge is 0.338 e. The van der Waals surface area contributed by atoms with Gasteiger partial charge in [0.2, 0.25) is 0 Å². The summed E-state index contributed by atoms with van der Waals surface area (Å²) >= 11 is 0. The Labute approximate surface area is 173 Å². The predicted molar refractivity (Wildman–Crippen MR) is 116 cm³/mol. The van der Waals surface area contributed by atoms with Crippen molar-refractivity contribution in [1.82, 2.24) is 4.90 Å². The van der Waals surface area contributed by atoms with Crippen molar-refractivity contribution in [2.45, 2.75) is 40.5 Å². The van der Waals surface area contributed by atoms with Crippen molar-refractivity contribution < 1.29 is 14.6 Å². The van der Waals surface area contributed by atoms with Crippen LogP contribution in [0.4, 0.5) is 11.4 Å². The van der Waals surface area contributed by atoms with Gasteiger partial charge in [0.1, 0.15) is 12.4 Å². The molecular weight excluding hydrogens is 366 g/mol. The van der Waals surface area contributed by atoms with Crippen molar-refractivity contribution in [2.24, 2.45) is 10.2 Å². The number of nitrogens with zero attached hydrogens (tertiary/aromatic N) is 3. The fourth-order valence-corrected chi connectivity index (χ4v) is 2.91. The first-order valence-corrected chi connectivity index (χ1v) is 10.1. The summed E-state index contributed by atoms with van der Waals surface area (Å²) in [6, 6.07) is 10.4. The highest BCUT2D eigenvalue weighted by Crippen LogP contribution is 2.33. The molecule has 6 nitrogen and oxygen atoms in total. The standard InChI is InChI=1S/C23H31N3O3/c1-6-26(7-2)12-13-29-23(28)18-8-10-19(11-9-18)24-25-21-14-17(5)22(27)15-20(21)16(3)4/h8-11,14-16,27H,6-7,12-13H2,1-5H3. The molecule has 0 aromatic heterocycles. The maximum Gasteiger partial charge on any atom is 0.338 e. The Morgan fingerprint density at radius 2 is 1.76 bits per heavy atom. The van der Waals surface area contributed by atoms with Crippen LogP contribution in [0.2, 0.25) is 0 Å². The Hall–Kier alpha value is -2.73. The van der Waals surface area contributed by atoms with Crippen molar-refractivity contribution in [3.63, 3.8) is 0 Å². The molecule has 0 atom stereocenters. The number of azo groups is 1. The van der Waals surface area contributed by atoms with E-state index in [9.17, 15) is 9.90 Å². The SMILES string of the molecule is CCN(CC)CCOC(=O)c1ccc(N=Nc2cc(C)c(O)cc2C(C)C)cc1. The summed E-state index contributed by atoms with van der Waals surface area (Å²) in [5.74, 6) is 0.136. The number of rotatable bonds is 9. The van der Waals surface area contributed by atoms with E-state index in [2.05, 4.69) is 29.0 Å². The van der Waals surface area contributed by atoms with Crippen LogP contribution in [-0.2, 0) is 4.74 Å². The number of aryl methyl sites for hydroxylation is 1. The molecule has 0 saturated heterocycles. The Morgan fingerprint density at radius 3 is 2.34 bits per heavy atom. The van der Waals surface area contributed by atoms with E-state index < -0.39 is 0 Å². The van der Waals surface area contributed by atoms with E-state index in [4.69, 9.17) is 4.74 Å². The highest BCUT2D eigenvalue weighted by Gasteiger charge is 2.11. The normalized spacial score (nSPS) is 11.6. The molecule has 2 aromatic carbocycles. The molecule has 2 rings (SSSR count). The zero-order valence-corrected chi connectivity index (χ0v) is 18.0. The van der Waals surface area contributed by atoms with Crippen LogP contribution in [0.5, 0.6) is 5.75 Å². The van der Waals surface area contributed by atoms with Gasteiger partial charge in [-0.3, -0.25) is 0 Å². The number of carbonyl (C=O) groups is 1. The fraction of sp³-hybridized carbons (Fsp3) is 0.435. The molecule has 0 bridgehead atoms. The number of phenolic OH excluding ortho intramolecular Hbond substituents is 1. The minimum absolute atomic E-state index is 0.212. The highest BCUT2D eigenvalue weighted by molar-refractivity contribution is 5.89. The molecule has 0 aliphatic carbocycles. The molecule has 0 aliphatic rings. The van der Waals surface area contributed by atoms with Gasteiger partial charge in [0, 0.05) is 6.54 Å². The predicted octanol–water partition coefficient (Wildman–Crippen LogP) is 5.74. The van der Waals surface area contributed by atoms with E-state index in [0.29, 0.717) is 17.9 Å². The van der Waals surface area contributed by atoms with Crippen molar-refractivity contribution >= 4 is 17.3 Å². The average Bonchev–Trinajstić information content (AvgIpc) is 2.71. The molecule has 0 heterocycles. The second kappa shape index (κ2) is 10.7. The number of ether oxygens (including phenoxy) is 1. The molecule has 29 heavy (non-hydrogen) atoms. The van der Waals surface area contributed by atoms with Crippen LogP contribution in [0.3, 0.4) is 0 Å². The van der Waals surface area contributed by atoms with Gasteiger partial charge < -0.3 is 14.7 Å². The van der Waals surface area contributed by atoms with Crippen LogP contribution in [0.25, 0.3) is 0 Å². The Bertz CT molecular complexity index is 841. The molecular formula is C23H31N3O3. The molecule has 1 N–H and O–H groups in total. The lowest BCUT2D eigenvalue weighted by Crippen LogP contribution is -2.27. The number of benzene rings is 2. The van der Waals surface area contributed by atoms with E-state index in [0.717, 1.165) is 36.4 Å². The monoisotopic (exact) mass is 397 g/mol. The van der Waals surface area contributed by atoms with Gasteiger partial charge in [0.25, 0.3) is 0 Å². The number of esters is 1. The van der Waals surface area contributed by atoms with E-state index in [-0.39, 0.29) is 17.6 Å². The van der Waals surface area contributed by atoms with E-state index in [1.807, 2.05) is 26.8 Å². The van der Waals surface area contributed by atoms with Gasteiger partial charge in [0.15, 0.2) is 0 Å². The summed E-state index contributed by atoms with van der Waals surface area (Å²) in [7, 11) is 0. The zero-order chi connectivity index (χ0) is 21.4. The number of hydrogen-bond acceptors (Lipinski definition) is 6. The van der Waals surface area contributed by atoms with Crippen LogP contribution in [0.15, 0.2) is 46.6 Å². The largest absolute Gasteiger partial charge is 0.508 e. The lowest BCUT2D eigenvalue weighted by atomic mass is 9.99. The molecule has 0 unspecified atom stereocenters. The van der Waals surface area contributed by atoms with E-state index in [1.54, 1.807) is 30.3 Å². The third-order valence-electron chi connectivity index (χ3n) is 4.88. The molecule has 0 saturated carbocycles. The minimum Gasteiger partial charge on any atom is -0.508 e. The van der Waals surface area contributed by atoms with Gasteiger partial charge >= 0.3 is 5.97 Å². The lowest BCUT2D eigenvalue weighted by molar-refractivity contribution is 0.0466. The van der Waals surface area contributed by atoms with Crippen LogP contribution < -0.4 is 0 Å². The Morgan fingerprint density at radius 1 is 1.10 bits per heavy atom. The zero-order valence-electron chi connectivity index (χ0n) is 18.0. The van der Waals surface area contributed by atoms with Gasteiger partial charge in [-0.1, -0.05) is 27.7 Å². The van der Waals surface area contributed by atoms with Crippen LogP contribution in [0.1, 0.15) is 55.1 Å². The van der Waals surface area contributed by atoms with Gasteiger partial charge in [-0.25, -0.2) is 4.79 Å². The summed E-state index contributed by atoms with van der Waals surface area (Å²) < 4.78 is 5.34. The van der Waals surface area contributed by atoms with Crippen molar-refractivity contribution in [2.75, 3.05) is 26.2 Å². The maximum absolute atomic E-state index is 12.2. The van der Waals surface area contributed by atoms with Crippen molar-refractivity contribution in [3.05, 3.63) is 53.1 Å². The second-order valence-corrected chi connectivity index (χ2v) is 7.26. The first-order valence-electron chi connectivity index (χ1n) is 10.1. The Kier molecular flexibility index (Phi) is 8.34. The van der Waals surface area contributed by atoms with Gasteiger partial charge in [-0.15, -0.1) is 0 Å². The summed E-state index contributed by atoms with van der Waals surface area (Å²) in [5, 5.41) is 18.6. The molecule has 6 heteroatoms. The molecule has 0 amide bonds. The van der Waals surface area contributed by atoms with Crippen LogP contribution in [0, 0.1) is 6.92 Å². The molecule has 0 aliphatic heterocycles. The fourth-order valence-electron chi connectivity index (χ4n) is 2.91. The highest BCUT2D eigenvalue weighted by atomic mass is 16.5. The minimum atomic E-state index is -0.336. The summed E-state index contributed by atoms with van der Waals surface area (Å²) in [4.78, 5) is 14.4. The average molecular weight is 398 g/mol. The third-order valence-corrected chi connectivity index (χ3v) is 4.88. The topological polar surface area (TPSA) is 74.5 Å². The number of hydrogen-bond donors (Lipinski definition) is 1. The number of aromatic hydroxyl groups is 1. The number of phenols is 1.